The number of rotatable bonds is 4. The van der Waals surface area contributed by atoms with E-state index in [-0.39, 0.29) is 6.61 Å². The molecule has 1 aromatic rings. The van der Waals surface area contributed by atoms with Crippen LogP contribution in [0.3, 0.4) is 0 Å². The third-order valence-corrected chi connectivity index (χ3v) is 3.44. The lowest BCUT2D eigenvalue weighted by molar-refractivity contribution is -0.139. The molecule has 0 bridgehead atoms. The number of halogens is 5. The van der Waals surface area contributed by atoms with Crippen LogP contribution in [0.4, 0.5) is 22.0 Å². The number of thioether (sulfide) groups is 1. The first-order valence-electron chi connectivity index (χ1n) is 5.15. The summed E-state index contributed by atoms with van der Waals surface area (Å²) in [5, 5.41) is 0. The predicted octanol–water partition coefficient (Wildman–Crippen LogP) is 3.35. The molecule has 0 atom stereocenters. The standard InChI is InChI=1S/C11H7F5O2S2/c1-2-18-4(17)3-20-11(19)5-6(12)8(14)10(16)9(15)7(5)13/h2-3H2,1H3. The van der Waals surface area contributed by atoms with Crippen molar-refractivity contribution in [3.05, 3.63) is 34.6 Å². The minimum atomic E-state index is -2.26. The topological polar surface area (TPSA) is 26.3 Å². The van der Waals surface area contributed by atoms with E-state index in [2.05, 4.69) is 17.0 Å². The lowest BCUT2D eigenvalue weighted by atomic mass is 10.2. The molecule has 2 nitrogen and oxygen atoms in total. The molecule has 0 heterocycles. The smallest absolute Gasteiger partial charge is 0.316 e. The van der Waals surface area contributed by atoms with Crippen LogP contribution in [0.15, 0.2) is 0 Å². The third-order valence-electron chi connectivity index (χ3n) is 2.04. The van der Waals surface area contributed by atoms with Crippen molar-refractivity contribution in [1.82, 2.24) is 0 Å². The van der Waals surface area contributed by atoms with Crippen molar-refractivity contribution in [3.63, 3.8) is 0 Å². The fraction of sp³-hybridized carbons (Fsp3) is 0.273. The van der Waals surface area contributed by atoms with Crippen LogP contribution in [0.2, 0.25) is 0 Å². The number of esters is 1. The van der Waals surface area contributed by atoms with Crippen LogP contribution in [0, 0.1) is 29.1 Å². The zero-order chi connectivity index (χ0) is 15.4. The van der Waals surface area contributed by atoms with Crippen LogP contribution >= 0.6 is 24.0 Å². The molecular formula is C11H7F5O2S2. The molecule has 1 aromatic carbocycles. The van der Waals surface area contributed by atoms with Crippen molar-refractivity contribution in [2.75, 3.05) is 12.4 Å². The van der Waals surface area contributed by atoms with Gasteiger partial charge in [-0.15, -0.1) is 11.8 Å². The summed E-state index contributed by atoms with van der Waals surface area (Å²) in [5.74, 6) is -11.6. The fourth-order valence-electron chi connectivity index (χ4n) is 1.18. The highest BCUT2D eigenvalue weighted by Gasteiger charge is 2.28. The van der Waals surface area contributed by atoms with Crippen LogP contribution in [-0.2, 0) is 9.53 Å². The number of thiocarbonyl (C=S) groups is 1. The summed E-state index contributed by atoms with van der Waals surface area (Å²) in [6.45, 7) is 1.64. The van der Waals surface area contributed by atoms with Gasteiger partial charge in [-0.05, 0) is 6.92 Å². The van der Waals surface area contributed by atoms with Crippen LogP contribution in [-0.4, -0.2) is 22.5 Å². The van der Waals surface area contributed by atoms with E-state index < -0.39 is 50.6 Å². The molecule has 0 saturated heterocycles. The number of hydrogen-bond acceptors (Lipinski definition) is 4. The van der Waals surface area contributed by atoms with Gasteiger partial charge in [0.25, 0.3) is 0 Å². The Morgan fingerprint density at radius 3 is 1.95 bits per heavy atom. The highest BCUT2D eigenvalue weighted by atomic mass is 32.2. The molecule has 0 aromatic heterocycles. The molecule has 0 fully saturated rings. The molecule has 0 unspecified atom stereocenters. The minimum absolute atomic E-state index is 0.0919. The highest BCUT2D eigenvalue weighted by molar-refractivity contribution is 8.24. The van der Waals surface area contributed by atoms with E-state index >= 15 is 0 Å². The van der Waals surface area contributed by atoms with E-state index in [0.29, 0.717) is 11.8 Å². The molecule has 0 aliphatic rings. The van der Waals surface area contributed by atoms with Gasteiger partial charge in [0.05, 0.1) is 22.1 Å². The largest absolute Gasteiger partial charge is 0.465 e. The molecule has 0 spiro atoms. The normalized spacial score (nSPS) is 10.5. The van der Waals surface area contributed by atoms with Crippen LogP contribution in [0.25, 0.3) is 0 Å². The van der Waals surface area contributed by atoms with Gasteiger partial charge in [-0.3, -0.25) is 4.79 Å². The summed E-state index contributed by atoms with van der Waals surface area (Å²) in [6, 6.07) is 0. The molecule has 0 aliphatic carbocycles. The first-order chi connectivity index (χ1) is 9.31. The molecule has 20 heavy (non-hydrogen) atoms. The molecular weight excluding hydrogens is 323 g/mol. The molecule has 1 rings (SSSR count). The maximum Gasteiger partial charge on any atom is 0.316 e. The van der Waals surface area contributed by atoms with Gasteiger partial charge < -0.3 is 4.74 Å². The molecule has 0 amide bonds. The summed E-state index contributed by atoms with van der Waals surface area (Å²) in [5.41, 5.74) is -1.22. The molecule has 0 radical (unpaired) electrons. The average molecular weight is 330 g/mol. The van der Waals surface area contributed by atoms with Crippen molar-refractivity contribution in [1.29, 1.82) is 0 Å². The van der Waals surface area contributed by atoms with Gasteiger partial charge in [0.1, 0.15) is 0 Å². The molecule has 0 saturated carbocycles. The van der Waals surface area contributed by atoms with Crippen molar-refractivity contribution in [2.45, 2.75) is 6.92 Å². The second-order valence-corrected chi connectivity index (χ2v) is 4.98. The predicted molar refractivity (Wildman–Crippen MR) is 67.0 cm³/mol. The van der Waals surface area contributed by atoms with Crippen molar-refractivity contribution >= 4 is 34.1 Å². The zero-order valence-electron chi connectivity index (χ0n) is 9.94. The first kappa shape index (κ1) is 16.8. The Bertz CT molecular complexity index is 533. The number of carbonyl (C=O) groups is 1. The van der Waals surface area contributed by atoms with Crippen molar-refractivity contribution in [3.8, 4) is 0 Å². The van der Waals surface area contributed by atoms with Crippen LogP contribution < -0.4 is 0 Å². The zero-order valence-corrected chi connectivity index (χ0v) is 11.6. The maximum atomic E-state index is 13.4. The van der Waals surface area contributed by atoms with Crippen molar-refractivity contribution < 1.29 is 31.5 Å². The SMILES string of the molecule is CCOC(=O)CSC(=S)c1c(F)c(F)c(F)c(F)c1F. The summed E-state index contributed by atoms with van der Waals surface area (Å²) in [6.07, 6.45) is 0. The number of ether oxygens (including phenoxy) is 1. The number of carbonyl (C=O) groups excluding carboxylic acids is 1. The Balaban J connectivity index is 3.02. The Labute approximate surface area is 120 Å². The van der Waals surface area contributed by atoms with Gasteiger partial charge in [-0.1, -0.05) is 12.2 Å². The average Bonchev–Trinajstić information content (AvgIpc) is 2.41. The summed E-state index contributed by atoms with van der Waals surface area (Å²) >= 11 is 5.03. The van der Waals surface area contributed by atoms with E-state index in [9.17, 15) is 26.7 Å². The number of hydrogen-bond donors (Lipinski definition) is 0. The maximum absolute atomic E-state index is 13.4. The summed E-state index contributed by atoms with van der Waals surface area (Å²) in [4.78, 5) is 11.0. The van der Waals surface area contributed by atoms with Gasteiger partial charge in [0.15, 0.2) is 23.3 Å². The molecule has 9 heteroatoms. The van der Waals surface area contributed by atoms with E-state index in [1.54, 1.807) is 6.92 Å². The third kappa shape index (κ3) is 3.45. The second-order valence-electron chi connectivity index (χ2n) is 3.33. The van der Waals surface area contributed by atoms with E-state index in [1.807, 2.05) is 0 Å². The quantitative estimate of drug-likeness (QED) is 0.278. The van der Waals surface area contributed by atoms with Crippen LogP contribution in [0.5, 0.6) is 0 Å². The van der Waals surface area contributed by atoms with Gasteiger partial charge in [-0.2, -0.15) is 0 Å². The first-order valence-corrected chi connectivity index (χ1v) is 6.54. The second kappa shape index (κ2) is 6.98. The van der Waals surface area contributed by atoms with E-state index in [0.717, 1.165) is 0 Å². The molecule has 110 valence electrons. The van der Waals surface area contributed by atoms with Gasteiger partial charge in [0, 0.05) is 0 Å². The Kier molecular flexibility index (Phi) is 5.88. The lowest BCUT2D eigenvalue weighted by Gasteiger charge is -2.08. The Hall–Kier alpha value is -1.22. The fourth-order valence-corrected chi connectivity index (χ4v) is 2.20. The monoisotopic (exact) mass is 330 g/mol. The van der Waals surface area contributed by atoms with E-state index in [1.165, 1.54) is 0 Å². The molecule has 0 aliphatic heterocycles. The summed E-state index contributed by atoms with van der Waals surface area (Å²) < 4.78 is 69.4. The Morgan fingerprint density at radius 2 is 1.50 bits per heavy atom. The van der Waals surface area contributed by atoms with Gasteiger partial charge >= 0.3 is 5.97 Å². The highest BCUT2D eigenvalue weighted by Crippen LogP contribution is 2.27. The van der Waals surface area contributed by atoms with E-state index in [4.69, 9.17) is 0 Å². The van der Waals surface area contributed by atoms with Crippen molar-refractivity contribution in [2.24, 2.45) is 0 Å². The lowest BCUT2D eigenvalue weighted by Crippen LogP contribution is -2.13. The Morgan fingerprint density at radius 1 is 1.05 bits per heavy atom. The van der Waals surface area contributed by atoms with Gasteiger partial charge in [0.2, 0.25) is 5.82 Å². The van der Waals surface area contributed by atoms with Gasteiger partial charge in [-0.25, -0.2) is 22.0 Å². The number of benzene rings is 1. The molecule has 0 N–H and O–H groups in total. The summed E-state index contributed by atoms with van der Waals surface area (Å²) in [7, 11) is 0. The minimum Gasteiger partial charge on any atom is -0.465 e. The van der Waals surface area contributed by atoms with Crippen LogP contribution in [0.1, 0.15) is 12.5 Å².